The van der Waals surface area contributed by atoms with Gasteiger partial charge in [-0.1, -0.05) is 0 Å². The Morgan fingerprint density at radius 2 is 2.00 bits per heavy atom. The van der Waals surface area contributed by atoms with Crippen molar-refractivity contribution < 1.29 is 19.4 Å². The Labute approximate surface area is 93.2 Å². The van der Waals surface area contributed by atoms with Crippen molar-refractivity contribution in [3.63, 3.8) is 0 Å². The van der Waals surface area contributed by atoms with Crippen LogP contribution in [-0.2, 0) is 14.3 Å². The minimum atomic E-state index is -0.857. The number of carbonyl (C=O) groups excluding carboxylic acids is 1. The van der Waals surface area contributed by atoms with Crippen LogP contribution in [0.5, 0.6) is 0 Å². The van der Waals surface area contributed by atoms with Gasteiger partial charge in [0.1, 0.15) is 0 Å². The lowest BCUT2D eigenvalue weighted by molar-refractivity contribution is -0.140. The Bertz CT molecular complexity index is 343. The van der Waals surface area contributed by atoms with Gasteiger partial charge in [0.15, 0.2) is 0 Å². The summed E-state index contributed by atoms with van der Waals surface area (Å²) in [7, 11) is 0. The van der Waals surface area contributed by atoms with Crippen molar-refractivity contribution in [1.82, 2.24) is 5.32 Å². The van der Waals surface area contributed by atoms with E-state index in [1.807, 2.05) is 0 Å². The highest BCUT2D eigenvalue weighted by atomic mass is 16.5. The molecule has 0 aromatic heterocycles. The molecule has 1 amide bonds. The molecular formula is C11H15NO4. The summed E-state index contributed by atoms with van der Waals surface area (Å²) in [6.07, 6.45) is 3.96. The molecule has 5 atom stereocenters. The van der Waals surface area contributed by atoms with E-state index in [0.717, 1.165) is 19.3 Å². The molecule has 1 saturated carbocycles. The van der Waals surface area contributed by atoms with E-state index in [9.17, 15) is 9.59 Å². The van der Waals surface area contributed by atoms with Gasteiger partial charge in [0.2, 0.25) is 5.91 Å². The molecule has 2 heterocycles. The number of amides is 1. The fourth-order valence-corrected chi connectivity index (χ4v) is 2.84. The first-order chi connectivity index (χ1) is 7.65. The highest BCUT2D eigenvalue weighted by Gasteiger charge is 2.50. The first-order valence-corrected chi connectivity index (χ1v) is 5.84. The van der Waals surface area contributed by atoms with Crippen LogP contribution in [0.1, 0.15) is 25.7 Å². The number of nitrogens with one attached hydrogen (secondary N) is 1. The summed E-state index contributed by atoms with van der Waals surface area (Å²) in [6.45, 7) is 0. The molecule has 2 N–H and O–H groups in total. The van der Waals surface area contributed by atoms with Crippen LogP contribution in [0.25, 0.3) is 0 Å². The number of rotatable bonds is 3. The Hall–Kier alpha value is -1.10. The Kier molecular flexibility index (Phi) is 2.17. The summed E-state index contributed by atoms with van der Waals surface area (Å²) in [5.41, 5.74) is 0. The fourth-order valence-electron chi connectivity index (χ4n) is 2.84. The predicted octanol–water partition coefficient (Wildman–Crippen LogP) is 0.143. The molecule has 2 bridgehead atoms. The van der Waals surface area contributed by atoms with Crippen molar-refractivity contribution in [1.29, 1.82) is 0 Å². The smallest absolute Gasteiger partial charge is 0.307 e. The van der Waals surface area contributed by atoms with Crippen molar-refractivity contribution in [2.45, 2.75) is 43.9 Å². The maximum Gasteiger partial charge on any atom is 0.307 e. The lowest BCUT2D eigenvalue weighted by Crippen LogP contribution is -2.42. The molecule has 5 heteroatoms. The van der Waals surface area contributed by atoms with Crippen LogP contribution in [0.4, 0.5) is 0 Å². The number of hydrogen-bond donors (Lipinski definition) is 2. The molecule has 2 saturated heterocycles. The van der Waals surface area contributed by atoms with Crippen molar-refractivity contribution in [3.05, 3.63) is 0 Å². The van der Waals surface area contributed by atoms with E-state index in [1.165, 1.54) is 0 Å². The first-order valence-electron chi connectivity index (χ1n) is 5.84. The molecule has 88 valence electrons. The molecule has 2 aliphatic heterocycles. The normalized spacial score (nSPS) is 44.4. The summed E-state index contributed by atoms with van der Waals surface area (Å²) in [5.74, 6) is -1.73. The second-order valence-corrected chi connectivity index (χ2v) is 5.01. The molecule has 0 radical (unpaired) electrons. The zero-order valence-corrected chi connectivity index (χ0v) is 8.89. The second kappa shape index (κ2) is 3.45. The van der Waals surface area contributed by atoms with Crippen LogP contribution in [0.15, 0.2) is 0 Å². The standard InChI is InChI=1S/C11H15NO4/c13-10(6-4-7(6)11(14)15)12-8-3-5-1-2-9(8)16-5/h5-9H,1-4H2,(H,12,13)(H,14,15). The van der Waals surface area contributed by atoms with Crippen LogP contribution in [0.3, 0.4) is 0 Å². The molecule has 0 spiro atoms. The molecular weight excluding hydrogens is 210 g/mol. The molecule has 0 aromatic carbocycles. The van der Waals surface area contributed by atoms with E-state index in [4.69, 9.17) is 9.84 Å². The largest absolute Gasteiger partial charge is 0.481 e. The zero-order valence-electron chi connectivity index (χ0n) is 8.89. The van der Waals surface area contributed by atoms with E-state index in [-0.39, 0.29) is 24.0 Å². The van der Waals surface area contributed by atoms with Gasteiger partial charge in [-0.15, -0.1) is 0 Å². The maximum atomic E-state index is 11.7. The lowest BCUT2D eigenvalue weighted by Gasteiger charge is -2.19. The van der Waals surface area contributed by atoms with Crippen molar-refractivity contribution in [2.24, 2.45) is 11.8 Å². The summed E-state index contributed by atoms with van der Waals surface area (Å²) in [6, 6.07) is 0.112. The molecule has 1 aliphatic carbocycles. The minimum absolute atomic E-state index is 0.103. The highest BCUT2D eigenvalue weighted by molar-refractivity contribution is 5.89. The number of fused-ring (bicyclic) bond motifs is 2. The van der Waals surface area contributed by atoms with Gasteiger partial charge in [-0.05, 0) is 25.7 Å². The lowest BCUT2D eigenvalue weighted by atomic mass is 9.95. The average molecular weight is 225 g/mol. The van der Waals surface area contributed by atoms with Crippen LogP contribution in [0, 0.1) is 11.8 Å². The maximum absolute atomic E-state index is 11.7. The summed E-state index contributed by atoms with van der Waals surface area (Å²) < 4.78 is 5.63. The van der Waals surface area contributed by atoms with Gasteiger partial charge in [-0.25, -0.2) is 0 Å². The third kappa shape index (κ3) is 1.59. The molecule has 16 heavy (non-hydrogen) atoms. The van der Waals surface area contributed by atoms with E-state index in [0.29, 0.717) is 12.5 Å². The minimum Gasteiger partial charge on any atom is -0.481 e. The van der Waals surface area contributed by atoms with Gasteiger partial charge in [0.25, 0.3) is 0 Å². The molecule has 0 aromatic rings. The van der Waals surface area contributed by atoms with Gasteiger partial charge >= 0.3 is 5.97 Å². The van der Waals surface area contributed by atoms with Crippen LogP contribution in [0.2, 0.25) is 0 Å². The van der Waals surface area contributed by atoms with E-state index >= 15 is 0 Å². The quantitative estimate of drug-likeness (QED) is 0.716. The number of carbonyl (C=O) groups is 2. The summed E-state index contributed by atoms with van der Waals surface area (Å²) in [5, 5.41) is 11.7. The molecule has 3 aliphatic rings. The summed E-state index contributed by atoms with van der Waals surface area (Å²) in [4.78, 5) is 22.4. The number of ether oxygens (including phenoxy) is 1. The highest BCUT2D eigenvalue weighted by Crippen LogP contribution is 2.40. The van der Waals surface area contributed by atoms with Crippen molar-refractivity contribution in [3.8, 4) is 0 Å². The van der Waals surface area contributed by atoms with Gasteiger partial charge in [-0.3, -0.25) is 9.59 Å². The van der Waals surface area contributed by atoms with Gasteiger partial charge in [-0.2, -0.15) is 0 Å². The predicted molar refractivity (Wildman–Crippen MR) is 53.7 cm³/mol. The van der Waals surface area contributed by atoms with Gasteiger partial charge in [0, 0.05) is 0 Å². The second-order valence-electron chi connectivity index (χ2n) is 5.01. The Morgan fingerprint density at radius 1 is 1.19 bits per heavy atom. The number of carboxylic acids is 1. The van der Waals surface area contributed by atoms with Crippen molar-refractivity contribution in [2.75, 3.05) is 0 Å². The SMILES string of the molecule is O=C(O)C1CC1C(=O)NC1CC2CCC1O2. The molecule has 3 fully saturated rings. The topological polar surface area (TPSA) is 75.6 Å². The van der Waals surface area contributed by atoms with Crippen LogP contribution in [-0.4, -0.2) is 35.2 Å². The van der Waals surface area contributed by atoms with Crippen molar-refractivity contribution >= 4 is 11.9 Å². The first kappa shape index (κ1) is 10.1. The van der Waals surface area contributed by atoms with Crippen LogP contribution >= 0.6 is 0 Å². The Morgan fingerprint density at radius 3 is 2.50 bits per heavy atom. The third-order valence-electron chi connectivity index (χ3n) is 3.88. The van der Waals surface area contributed by atoms with Gasteiger partial charge in [0.05, 0.1) is 30.1 Å². The van der Waals surface area contributed by atoms with Gasteiger partial charge < -0.3 is 15.2 Å². The zero-order chi connectivity index (χ0) is 11.3. The third-order valence-corrected chi connectivity index (χ3v) is 3.88. The molecule has 5 unspecified atom stereocenters. The van der Waals surface area contributed by atoms with E-state index in [2.05, 4.69) is 5.32 Å². The number of carboxylic acid groups (broad SMARTS) is 1. The fraction of sp³-hybridized carbons (Fsp3) is 0.818. The van der Waals surface area contributed by atoms with E-state index in [1.54, 1.807) is 0 Å². The monoisotopic (exact) mass is 225 g/mol. The average Bonchev–Trinajstić information content (AvgIpc) is 2.81. The summed E-state index contributed by atoms with van der Waals surface area (Å²) >= 11 is 0. The number of aliphatic carboxylic acids is 1. The van der Waals surface area contributed by atoms with E-state index < -0.39 is 11.9 Å². The molecule has 5 nitrogen and oxygen atoms in total. The Balaban J connectivity index is 1.53. The molecule has 3 rings (SSSR count). The van der Waals surface area contributed by atoms with Crippen LogP contribution < -0.4 is 5.32 Å². The number of hydrogen-bond acceptors (Lipinski definition) is 3.